The number of nitrogens with zero attached hydrogens (tertiary/aromatic N) is 1. The van der Waals surface area contributed by atoms with Gasteiger partial charge in [-0.1, -0.05) is 26.0 Å². The molecule has 24 heavy (non-hydrogen) atoms. The third kappa shape index (κ3) is 6.02. The van der Waals surface area contributed by atoms with E-state index < -0.39 is 0 Å². The lowest BCUT2D eigenvalue weighted by atomic mass is 10.0. The van der Waals surface area contributed by atoms with E-state index in [4.69, 9.17) is 5.73 Å². The Morgan fingerprint density at radius 3 is 2.67 bits per heavy atom. The number of nitrogens with one attached hydrogen (secondary N) is 1. The highest BCUT2D eigenvalue weighted by atomic mass is 32.1. The number of benzene rings is 1. The maximum absolute atomic E-state index is 12.9. The van der Waals surface area contributed by atoms with Crippen LogP contribution in [0.3, 0.4) is 0 Å². The SMILES string of the molecule is CC(C)CC(CN)NC(=O)Cc1csc(Cc2ccc(F)cc2)n1. The smallest absolute Gasteiger partial charge is 0.226 e. The standard InChI is InChI=1S/C18H24FN3OS/c1-12(2)7-15(10-20)21-17(23)9-16-11-24-18(22-16)8-13-3-5-14(19)6-4-13/h3-6,11-12,15H,7-10,20H2,1-2H3,(H,21,23). The van der Waals surface area contributed by atoms with E-state index in [0.717, 1.165) is 22.7 Å². The van der Waals surface area contributed by atoms with Crippen molar-refractivity contribution in [1.29, 1.82) is 0 Å². The Labute approximate surface area is 146 Å². The van der Waals surface area contributed by atoms with Crippen molar-refractivity contribution in [2.75, 3.05) is 6.54 Å². The molecule has 2 aromatic rings. The van der Waals surface area contributed by atoms with Crippen molar-refractivity contribution >= 4 is 17.2 Å². The average Bonchev–Trinajstić information content (AvgIpc) is 2.95. The van der Waals surface area contributed by atoms with Crippen LogP contribution in [0.1, 0.15) is 36.5 Å². The highest BCUT2D eigenvalue weighted by molar-refractivity contribution is 7.09. The van der Waals surface area contributed by atoms with E-state index in [1.54, 1.807) is 12.1 Å². The molecule has 0 aliphatic heterocycles. The third-order valence-corrected chi connectivity index (χ3v) is 4.51. The number of carbonyl (C=O) groups is 1. The van der Waals surface area contributed by atoms with E-state index in [0.29, 0.717) is 18.9 Å². The zero-order valence-corrected chi connectivity index (χ0v) is 14.9. The molecule has 1 aromatic carbocycles. The molecular formula is C18H24FN3OS. The summed E-state index contributed by atoms with van der Waals surface area (Å²) in [6.45, 7) is 4.66. The third-order valence-electron chi connectivity index (χ3n) is 3.62. The van der Waals surface area contributed by atoms with Gasteiger partial charge in [0, 0.05) is 24.4 Å². The van der Waals surface area contributed by atoms with Gasteiger partial charge in [0.25, 0.3) is 0 Å². The van der Waals surface area contributed by atoms with Gasteiger partial charge in [-0.2, -0.15) is 0 Å². The topological polar surface area (TPSA) is 68.0 Å². The molecule has 0 saturated carbocycles. The van der Waals surface area contributed by atoms with E-state index in [1.807, 2.05) is 5.38 Å². The molecule has 2 rings (SSSR count). The Bertz CT molecular complexity index is 655. The van der Waals surface area contributed by atoms with Gasteiger partial charge in [0.05, 0.1) is 17.1 Å². The van der Waals surface area contributed by atoms with E-state index in [9.17, 15) is 9.18 Å². The Morgan fingerprint density at radius 2 is 2.04 bits per heavy atom. The van der Waals surface area contributed by atoms with Crippen molar-refractivity contribution in [2.45, 2.75) is 39.2 Å². The van der Waals surface area contributed by atoms with Crippen molar-refractivity contribution in [3.8, 4) is 0 Å². The highest BCUT2D eigenvalue weighted by Crippen LogP contribution is 2.16. The summed E-state index contributed by atoms with van der Waals surface area (Å²) < 4.78 is 12.9. The van der Waals surface area contributed by atoms with Gasteiger partial charge in [0.1, 0.15) is 5.82 Å². The normalized spacial score (nSPS) is 12.4. The summed E-state index contributed by atoms with van der Waals surface area (Å²) in [5.74, 6) is 0.191. The predicted octanol–water partition coefficient (Wildman–Crippen LogP) is 2.91. The first kappa shape index (κ1) is 18.5. The summed E-state index contributed by atoms with van der Waals surface area (Å²) >= 11 is 1.52. The lowest BCUT2D eigenvalue weighted by Gasteiger charge is -2.18. The first-order valence-electron chi connectivity index (χ1n) is 8.13. The predicted molar refractivity (Wildman–Crippen MR) is 95.5 cm³/mol. The van der Waals surface area contributed by atoms with Gasteiger partial charge in [-0.25, -0.2) is 9.37 Å². The minimum Gasteiger partial charge on any atom is -0.352 e. The maximum Gasteiger partial charge on any atom is 0.226 e. The van der Waals surface area contributed by atoms with Crippen LogP contribution in [0, 0.1) is 11.7 Å². The molecule has 0 fully saturated rings. The van der Waals surface area contributed by atoms with Gasteiger partial charge in [-0.15, -0.1) is 11.3 Å². The van der Waals surface area contributed by atoms with E-state index >= 15 is 0 Å². The number of amides is 1. The van der Waals surface area contributed by atoms with Gasteiger partial charge in [0.2, 0.25) is 5.91 Å². The molecule has 0 saturated heterocycles. The molecule has 6 heteroatoms. The van der Waals surface area contributed by atoms with Crippen LogP contribution >= 0.6 is 11.3 Å². The van der Waals surface area contributed by atoms with Gasteiger partial charge in [-0.05, 0) is 30.0 Å². The van der Waals surface area contributed by atoms with Gasteiger partial charge in [0.15, 0.2) is 0 Å². The molecular weight excluding hydrogens is 325 g/mol. The summed E-state index contributed by atoms with van der Waals surface area (Å²) in [5, 5.41) is 5.79. The zero-order chi connectivity index (χ0) is 17.5. The molecule has 1 amide bonds. The van der Waals surface area contributed by atoms with Crippen LogP contribution in [0.15, 0.2) is 29.6 Å². The minimum atomic E-state index is -0.244. The molecule has 3 N–H and O–H groups in total. The number of aromatic nitrogens is 1. The summed E-state index contributed by atoms with van der Waals surface area (Å²) in [7, 11) is 0. The highest BCUT2D eigenvalue weighted by Gasteiger charge is 2.14. The Morgan fingerprint density at radius 1 is 1.33 bits per heavy atom. The summed E-state index contributed by atoms with van der Waals surface area (Å²) in [4.78, 5) is 16.6. The van der Waals surface area contributed by atoms with Crippen molar-refractivity contribution in [3.63, 3.8) is 0 Å². The van der Waals surface area contributed by atoms with Crippen LogP contribution < -0.4 is 11.1 Å². The van der Waals surface area contributed by atoms with Crippen molar-refractivity contribution in [2.24, 2.45) is 11.7 Å². The second-order valence-corrected chi connectivity index (χ2v) is 7.28. The number of hydrogen-bond acceptors (Lipinski definition) is 4. The average molecular weight is 349 g/mol. The van der Waals surface area contributed by atoms with E-state index in [2.05, 4.69) is 24.1 Å². The Kier molecular flexibility index (Phi) is 6.87. The molecule has 1 aromatic heterocycles. The number of thiazole rings is 1. The second kappa shape index (κ2) is 8.89. The largest absolute Gasteiger partial charge is 0.352 e. The fraction of sp³-hybridized carbons (Fsp3) is 0.444. The van der Waals surface area contributed by atoms with Crippen LogP contribution in [-0.4, -0.2) is 23.5 Å². The molecule has 1 unspecified atom stereocenters. The number of rotatable bonds is 8. The molecule has 1 atom stereocenters. The number of halogens is 1. The maximum atomic E-state index is 12.9. The number of carbonyl (C=O) groups excluding carboxylic acids is 1. The number of hydrogen-bond donors (Lipinski definition) is 2. The lowest BCUT2D eigenvalue weighted by Crippen LogP contribution is -2.41. The summed E-state index contributed by atoms with van der Waals surface area (Å²) in [6.07, 6.45) is 1.77. The van der Waals surface area contributed by atoms with Crippen LogP contribution in [0.4, 0.5) is 4.39 Å². The van der Waals surface area contributed by atoms with E-state index in [1.165, 1.54) is 23.5 Å². The quantitative estimate of drug-likeness (QED) is 0.770. The van der Waals surface area contributed by atoms with E-state index in [-0.39, 0.29) is 24.2 Å². The molecule has 0 aliphatic rings. The zero-order valence-electron chi connectivity index (χ0n) is 14.1. The molecule has 0 spiro atoms. The monoisotopic (exact) mass is 349 g/mol. The molecule has 4 nitrogen and oxygen atoms in total. The van der Waals surface area contributed by atoms with Gasteiger partial charge < -0.3 is 11.1 Å². The molecule has 0 aliphatic carbocycles. The Balaban J connectivity index is 1.88. The molecule has 1 heterocycles. The molecule has 0 radical (unpaired) electrons. The Hall–Kier alpha value is -1.79. The van der Waals surface area contributed by atoms with Crippen molar-refractivity contribution in [3.05, 3.63) is 51.7 Å². The lowest BCUT2D eigenvalue weighted by molar-refractivity contribution is -0.121. The van der Waals surface area contributed by atoms with Crippen LogP contribution in [0.5, 0.6) is 0 Å². The summed E-state index contributed by atoms with van der Waals surface area (Å²) in [5.41, 5.74) is 7.47. The molecule has 0 bridgehead atoms. The van der Waals surface area contributed by atoms with Crippen molar-refractivity contribution < 1.29 is 9.18 Å². The number of nitrogens with two attached hydrogens (primary N) is 1. The van der Waals surface area contributed by atoms with Gasteiger partial charge in [-0.3, -0.25) is 4.79 Å². The van der Waals surface area contributed by atoms with Crippen LogP contribution in [0.25, 0.3) is 0 Å². The molecule has 130 valence electrons. The van der Waals surface area contributed by atoms with Gasteiger partial charge >= 0.3 is 0 Å². The fourth-order valence-corrected chi connectivity index (χ4v) is 3.34. The minimum absolute atomic E-state index is 0.00909. The van der Waals surface area contributed by atoms with Crippen molar-refractivity contribution in [1.82, 2.24) is 10.3 Å². The van der Waals surface area contributed by atoms with Crippen LogP contribution in [-0.2, 0) is 17.6 Å². The summed E-state index contributed by atoms with van der Waals surface area (Å²) in [6, 6.07) is 6.40. The second-order valence-electron chi connectivity index (χ2n) is 6.34. The first-order valence-corrected chi connectivity index (χ1v) is 9.01. The first-order chi connectivity index (χ1) is 11.5. The fourth-order valence-electron chi connectivity index (χ4n) is 2.51. The van der Waals surface area contributed by atoms with Crippen LogP contribution in [0.2, 0.25) is 0 Å².